The summed E-state index contributed by atoms with van der Waals surface area (Å²) in [6.07, 6.45) is 7.98. The van der Waals surface area contributed by atoms with Crippen LogP contribution in [-0.4, -0.2) is 25.8 Å². The zero-order valence-electron chi connectivity index (χ0n) is 11.3. The number of nitrogens with zero attached hydrogens (tertiary/aromatic N) is 1. The molecule has 0 aliphatic heterocycles. The maximum atomic E-state index is 9.31. The van der Waals surface area contributed by atoms with Crippen molar-refractivity contribution < 1.29 is 4.74 Å². The number of hydrogen-bond donors (Lipinski definition) is 1. The van der Waals surface area contributed by atoms with E-state index in [9.17, 15) is 5.26 Å². The molecular formula is C14H26N2O. The Labute approximate surface area is 106 Å². The molecule has 0 aromatic carbocycles. The molecule has 2 unspecified atom stereocenters. The Kier molecular flexibility index (Phi) is 6.54. The topological polar surface area (TPSA) is 45.0 Å². The van der Waals surface area contributed by atoms with Crippen LogP contribution in [0.3, 0.4) is 0 Å². The molecule has 1 N–H and O–H groups in total. The predicted molar refractivity (Wildman–Crippen MR) is 69.7 cm³/mol. The lowest BCUT2D eigenvalue weighted by molar-refractivity contribution is 0.109. The number of unbranched alkanes of at least 4 members (excludes halogenated alkanes) is 2. The van der Waals surface area contributed by atoms with Gasteiger partial charge in [-0.1, -0.05) is 26.2 Å². The Morgan fingerprint density at radius 1 is 1.41 bits per heavy atom. The second-order valence-electron chi connectivity index (χ2n) is 5.03. The average molecular weight is 238 g/mol. The van der Waals surface area contributed by atoms with E-state index in [1.807, 2.05) is 7.05 Å². The number of hydrogen-bond acceptors (Lipinski definition) is 3. The molecule has 0 amide bonds. The van der Waals surface area contributed by atoms with E-state index in [-0.39, 0.29) is 5.54 Å². The van der Waals surface area contributed by atoms with Crippen LogP contribution in [0.5, 0.6) is 0 Å². The summed E-state index contributed by atoms with van der Waals surface area (Å²) in [6, 6.07) is 2.47. The Balaban J connectivity index is 2.20. The van der Waals surface area contributed by atoms with E-state index in [1.54, 1.807) is 0 Å². The van der Waals surface area contributed by atoms with Crippen molar-refractivity contribution >= 4 is 0 Å². The highest BCUT2D eigenvalue weighted by molar-refractivity contribution is 5.13. The number of nitriles is 1. The molecule has 1 saturated carbocycles. The zero-order chi connectivity index (χ0) is 12.6. The molecule has 3 heteroatoms. The van der Waals surface area contributed by atoms with E-state index in [2.05, 4.69) is 18.3 Å². The van der Waals surface area contributed by atoms with Gasteiger partial charge in [0, 0.05) is 13.2 Å². The van der Waals surface area contributed by atoms with E-state index in [0.717, 1.165) is 45.3 Å². The summed E-state index contributed by atoms with van der Waals surface area (Å²) in [5, 5.41) is 12.5. The van der Waals surface area contributed by atoms with Gasteiger partial charge in [-0.3, -0.25) is 0 Å². The fourth-order valence-corrected chi connectivity index (χ4v) is 2.78. The van der Waals surface area contributed by atoms with E-state index < -0.39 is 0 Å². The van der Waals surface area contributed by atoms with E-state index in [0.29, 0.717) is 5.92 Å². The van der Waals surface area contributed by atoms with Gasteiger partial charge in [-0.15, -0.1) is 0 Å². The first-order chi connectivity index (χ1) is 8.29. The van der Waals surface area contributed by atoms with Gasteiger partial charge < -0.3 is 10.1 Å². The summed E-state index contributed by atoms with van der Waals surface area (Å²) >= 11 is 0. The Bertz CT molecular complexity index is 249. The van der Waals surface area contributed by atoms with Crippen LogP contribution in [-0.2, 0) is 4.74 Å². The van der Waals surface area contributed by atoms with Crippen molar-refractivity contribution in [2.45, 2.75) is 57.4 Å². The average Bonchev–Trinajstić information content (AvgIpc) is 2.77. The maximum Gasteiger partial charge on any atom is 0.109 e. The molecule has 3 nitrogen and oxygen atoms in total. The molecule has 0 saturated heterocycles. The molecule has 1 fully saturated rings. The van der Waals surface area contributed by atoms with Gasteiger partial charge in [0.2, 0.25) is 0 Å². The van der Waals surface area contributed by atoms with E-state index >= 15 is 0 Å². The van der Waals surface area contributed by atoms with Crippen LogP contribution in [0.4, 0.5) is 0 Å². The smallest absolute Gasteiger partial charge is 0.109 e. The Hall–Kier alpha value is -0.590. The molecule has 0 aromatic heterocycles. The molecule has 1 aliphatic rings. The van der Waals surface area contributed by atoms with Gasteiger partial charge in [-0.25, -0.2) is 0 Å². The fraction of sp³-hybridized carbons (Fsp3) is 0.929. The van der Waals surface area contributed by atoms with Crippen LogP contribution in [0.15, 0.2) is 0 Å². The second kappa shape index (κ2) is 7.68. The third-order valence-electron chi connectivity index (χ3n) is 3.97. The predicted octanol–water partition coefficient (Wildman–Crippen LogP) is 2.87. The van der Waals surface area contributed by atoms with Crippen molar-refractivity contribution in [3.8, 4) is 6.07 Å². The Morgan fingerprint density at radius 2 is 2.24 bits per heavy atom. The molecule has 0 aromatic rings. The minimum Gasteiger partial charge on any atom is -0.381 e. The van der Waals surface area contributed by atoms with Gasteiger partial charge in [-0.2, -0.15) is 5.26 Å². The van der Waals surface area contributed by atoms with Gasteiger partial charge in [0.05, 0.1) is 6.07 Å². The van der Waals surface area contributed by atoms with Crippen LogP contribution in [0.2, 0.25) is 0 Å². The van der Waals surface area contributed by atoms with Gasteiger partial charge in [0.25, 0.3) is 0 Å². The number of nitrogens with one attached hydrogen (secondary N) is 1. The molecule has 98 valence electrons. The molecule has 0 heterocycles. The van der Waals surface area contributed by atoms with Crippen LogP contribution < -0.4 is 5.32 Å². The van der Waals surface area contributed by atoms with Crippen LogP contribution in [0, 0.1) is 17.2 Å². The van der Waals surface area contributed by atoms with Gasteiger partial charge in [-0.05, 0) is 38.6 Å². The van der Waals surface area contributed by atoms with Crippen molar-refractivity contribution in [3.63, 3.8) is 0 Å². The highest BCUT2D eigenvalue weighted by Gasteiger charge is 2.41. The molecule has 2 atom stereocenters. The van der Waals surface area contributed by atoms with Crippen molar-refractivity contribution in [3.05, 3.63) is 0 Å². The van der Waals surface area contributed by atoms with E-state index in [1.165, 1.54) is 12.8 Å². The maximum absolute atomic E-state index is 9.31. The third kappa shape index (κ3) is 3.97. The summed E-state index contributed by atoms with van der Waals surface area (Å²) in [5.74, 6) is 0.462. The number of ether oxygens (including phenoxy) is 1. The third-order valence-corrected chi connectivity index (χ3v) is 3.97. The largest absolute Gasteiger partial charge is 0.381 e. The van der Waals surface area contributed by atoms with Crippen LogP contribution >= 0.6 is 0 Å². The highest BCUT2D eigenvalue weighted by atomic mass is 16.5. The summed E-state index contributed by atoms with van der Waals surface area (Å²) in [7, 11) is 1.91. The van der Waals surface area contributed by atoms with Gasteiger partial charge >= 0.3 is 0 Å². The Morgan fingerprint density at radius 3 is 2.88 bits per heavy atom. The van der Waals surface area contributed by atoms with Crippen molar-refractivity contribution in [2.75, 3.05) is 20.3 Å². The van der Waals surface area contributed by atoms with Gasteiger partial charge in [0.1, 0.15) is 5.54 Å². The lowest BCUT2D eigenvalue weighted by atomic mass is 9.86. The van der Waals surface area contributed by atoms with E-state index in [4.69, 9.17) is 4.74 Å². The molecule has 0 radical (unpaired) electrons. The molecule has 1 aliphatic carbocycles. The minimum absolute atomic E-state index is 0.285. The summed E-state index contributed by atoms with van der Waals surface area (Å²) in [6.45, 7) is 3.88. The molecule has 0 bridgehead atoms. The lowest BCUT2D eigenvalue weighted by Crippen LogP contribution is -2.45. The first kappa shape index (κ1) is 14.5. The molecule has 17 heavy (non-hydrogen) atoms. The van der Waals surface area contributed by atoms with Crippen LogP contribution in [0.25, 0.3) is 0 Å². The first-order valence-electron chi connectivity index (χ1n) is 6.97. The molecule has 1 rings (SSSR count). The van der Waals surface area contributed by atoms with Crippen molar-refractivity contribution in [2.24, 2.45) is 5.92 Å². The zero-order valence-corrected chi connectivity index (χ0v) is 11.3. The fourth-order valence-electron chi connectivity index (χ4n) is 2.78. The quantitative estimate of drug-likeness (QED) is 0.661. The molecular weight excluding hydrogens is 212 g/mol. The number of rotatable bonds is 8. The minimum atomic E-state index is -0.285. The summed E-state index contributed by atoms with van der Waals surface area (Å²) < 4.78 is 5.64. The SMILES string of the molecule is CCCCCOCCC1CCCC1(C#N)NC. The monoisotopic (exact) mass is 238 g/mol. The highest BCUT2D eigenvalue weighted by Crippen LogP contribution is 2.37. The molecule has 0 spiro atoms. The van der Waals surface area contributed by atoms with Crippen LogP contribution in [0.1, 0.15) is 51.9 Å². The standard InChI is InChI=1S/C14H26N2O/c1-3-4-5-10-17-11-8-13-7-6-9-14(13,12-15)16-2/h13,16H,3-11H2,1-2H3. The summed E-state index contributed by atoms with van der Waals surface area (Å²) in [5.41, 5.74) is -0.285. The lowest BCUT2D eigenvalue weighted by Gasteiger charge is -2.28. The van der Waals surface area contributed by atoms with Crippen molar-refractivity contribution in [1.29, 1.82) is 5.26 Å². The van der Waals surface area contributed by atoms with Gasteiger partial charge in [0.15, 0.2) is 0 Å². The first-order valence-corrected chi connectivity index (χ1v) is 6.97. The van der Waals surface area contributed by atoms with Crippen molar-refractivity contribution in [1.82, 2.24) is 5.32 Å². The second-order valence-corrected chi connectivity index (χ2v) is 5.03. The normalized spacial score (nSPS) is 28.2. The summed E-state index contributed by atoms with van der Waals surface area (Å²) in [4.78, 5) is 0.